The lowest BCUT2D eigenvalue weighted by Crippen LogP contribution is -2.37. The van der Waals surface area contributed by atoms with Crippen molar-refractivity contribution in [3.63, 3.8) is 0 Å². The Morgan fingerprint density at radius 3 is 2.62 bits per heavy atom. The van der Waals surface area contributed by atoms with Gasteiger partial charge in [-0.2, -0.15) is 0 Å². The lowest BCUT2D eigenvalue weighted by atomic mass is 10.0. The molecule has 1 atom stereocenters. The molecule has 2 aromatic carbocycles. The average Bonchev–Trinajstić information content (AvgIpc) is 2.68. The van der Waals surface area contributed by atoms with Gasteiger partial charge in [0, 0.05) is 28.4 Å². The number of halogens is 1. The monoisotopic (exact) mass is 475 g/mol. The molecule has 1 heterocycles. The van der Waals surface area contributed by atoms with E-state index in [1.807, 2.05) is 25.1 Å². The van der Waals surface area contributed by atoms with Crippen LogP contribution in [0.4, 0.5) is 11.4 Å². The van der Waals surface area contributed by atoms with Crippen LogP contribution in [0, 0.1) is 6.92 Å². The lowest BCUT2D eigenvalue weighted by Gasteiger charge is -2.35. The standard InChI is InChI=1S/C22H26BrN3O2S/c1-14-12-16(23)13-19(20(14)28-3)21(27)25-22(29)24-17-7-9-18(10-8-17)26-11-5-4-6-15(26)2/h7-10,12-13,15H,4-6,11H2,1-3H3,(H2,24,25,27,29)/t15-/m0/s1. The number of aryl methyl sites for hydroxylation is 1. The van der Waals surface area contributed by atoms with E-state index in [0.29, 0.717) is 17.4 Å². The number of nitrogens with one attached hydrogen (secondary N) is 2. The topological polar surface area (TPSA) is 53.6 Å². The summed E-state index contributed by atoms with van der Waals surface area (Å²) < 4.78 is 6.19. The van der Waals surface area contributed by atoms with E-state index in [1.54, 1.807) is 13.2 Å². The van der Waals surface area contributed by atoms with Crippen molar-refractivity contribution in [3.8, 4) is 5.75 Å². The van der Waals surface area contributed by atoms with Gasteiger partial charge in [0.1, 0.15) is 5.75 Å². The van der Waals surface area contributed by atoms with Gasteiger partial charge < -0.3 is 15.0 Å². The molecule has 1 aliphatic rings. The maximum Gasteiger partial charge on any atom is 0.261 e. The fourth-order valence-electron chi connectivity index (χ4n) is 3.72. The summed E-state index contributed by atoms with van der Waals surface area (Å²) in [7, 11) is 1.55. The molecule has 1 amide bonds. The minimum absolute atomic E-state index is 0.244. The number of hydrogen-bond acceptors (Lipinski definition) is 4. The van der Waals surface area contributed by atoms with Gasteiger partial charge in [-0.25, -0.2) is 0 Å². The number of carbonyl (C=O) groups excluding carboxylic acids is 1. The Morgan fingerprint density at radius 1 is 1.24 bits per heavy atom. The van der Waals surface area contributed by atoms with Crippen LogP contribution >= 0.6 is 28.1 Å². The number of hydrogen-bond donors (Lipinski definition) is 2. The molecular formula is C22H26BrN3O2S. The maximum atomic E-state index is 12.7. The molecule has 0 spiro atoms. The molecule has 2 aromatic rings. The number of ether oxygens (including phenoxy) is 1. The average molecular weight is 476 g/mol. The molecule has 2 N–H and O–H groups in total. The smallest absolute Gasteiger partial charge is 0.261 e. The van der Waals surface area contributed by atoms with Crippen molar-refractivity contribution >= 4 is 50.5 Å². The van der Waals surface area contributed by atoms with Crippen molar-refractivity contribution in [3.05, 3.63) is 52.0 Å². The van der Waals surface area contributed by atoms with E-state index >= 15 is 0 Å². The van der Waals surface area contributed by atoms with Gasteiger partial charge in [0.2, 0.25) is 0 Å². The molecule has 0 radical (unpaired) electrons. The Balaban J connectivity index is 1.64. The molecule has 0 bridgehead atoms. The second kappa shape index (κ2) is 9.59. The molecule has 0 unspecified atom stereocenters. The van der Waals surface area contributed by atoms with Crippen molar-refractivity contribution in [2.24, 2.45) is 0 Å². The van der Waals surface area contributed by atoms with Crippen molar-refractivity contribution in [2.75, 3.05) is 23.9 Å². The highest BCUT2D eigenvalue weighted by molar-refractivity contribution is 9.10. The van der Waals surface area contributed by atoms with Crippen LogP contribution in [0.3, 0.4) is 0 Å². The molecule has 7 heteroatoms. The first-order valence-corrected chi connectivity index (χ1v) is 10.9. The van der Waals surface area contributed by atoms with Crippen molar-refractivity contribution in [1.82, 2.24) is 5.32 Å². The predicted molar refractivity (Wildman–Crippen MR) is 126 cm³/mol. The third kappa shape index (κ3) is 5.28. The Morgan fingerprint density at radius 2 is 1.97 bits per heavy atom. The maximum absolute atomic E-state index is 12.7. The second-order valence-electron chi connectivity index (χ2n) is 7.30. The number of nitrogens with zero attached hydrogens (tertiary/aromatic N) is 1. The highest BCUT2D eigenvalue weighted by Gasteiger charge is 2.19. The molecule has 154 valence electrons. The summed E-state index contributed by atoms with van der Waals surface area (Å²) in [6.07, 6.45) is 3.77. The van der Waals surface area contributed by atoms with Gasteiger partial charge in [-0.3, -0.25) is 10.1 Å². The summed E-state index contributed by atoms with van der Waals surface area (Å²) in [4.78, 5) is 15.1. The summed E-state index contributed by atoms with van der Waals surface area (Å²) in [6.45, 7) is 5.26. The Labute approximate surface area is 185 Å². The van der Waals surface area contributed by atoms with E-state index in [9.17, 15) is 4.79 Å². The quantitative estimate of drug-likeness (QED) is 0.589. The van der Waals surface area contributed by atoms with Crippen LogP contribution < -0.4 is 20.3 Å². The SMILES string of the molecule is COc1c(C)cc(Br)cc1C(=O)NC(=S)Nc1ccc(N2CCCC[C@@H]2C)cc1. The van der Waals surface area contributed by atoms with Crippen molar-refractivity contribution < 1.29 is 9.53 Å². The zero-order valence-corrected chi connectivity index (χ0v) is 19.3. The van der Waals surface area contributed by atoms with E-state index in [0.717, 1.165) is 22.3 Å². The first-order valence-electron chi connectivity index (χ1n) is 9.72. The number of thiocarbonyl (C=S) groups is 1. The van der Waals surface area contributed by atoms with Gasteiger partial charge in [-0.1, -0.05) is 15.9 Å². The van der Waals surface area contributed by atoms with Crippen LogP contribution in [0.5, 0.6) is 5.75 Å². The predicted octanol–water partition coefficient (Wildman–Crippen LogP) is 5.27. The third-order valence-corrected chi connectivity index (χ3v) is 5.84. The zero-order valence-electron chi connectivity index (χ0n) is 16.9. The molecule has 29 heavy (non-hydrogen) atoms. The number of carbonyl (C=O) groups is 1. The van der Waals surface area contributed by atoms with Crippen LogP contribution in [0.2, 0.25) is 0 Å². The van der Waals surface area contributed by atoms with Gasteiger partial charge in [-0.15, -0.1) is 0 Å². The van der Waals surface area contributed by atoms with Crippen LogP contribution in [-0.4, -0.2) is 30.7 Å². The fraction of sp³-hybridized carbons (Fsp3) is 0.364. The Hall–Kier alpha value is -2.12. The number of benzene rings is 2. The van der Waals surface area contributed by atoms with E-state index < -0.39 is 0 Å². The summed E-state index contributed by atoms with van der Waals surface area (Å²) in [5, 5.41) is 6.05. The van der Waals surface area contributed by atoms with Crippen LogP contribution in [0.25, 0.3) is 0 Å². The van der Waals surface area contributed by atoms with Crippen LogP contribution in [0.15, 0.2) is 40.9 Å². The molecule has 0 aliphatic carbocycles. The van der Waals surface area contributed by atoms with Gasteiger partial charge in [-0.05, 0) is 87.3 Å². The number of piperidine rings is 1. The first kappa shape index (κ1) is 21.6. The Bertz CT molecular complexity index is 902. The molecule has 0 saturated carbocycles. The van der Waals surface area contributed by atoms with Crippen molar-refractivity contribution in [1.29, 1.82) is 0 Å². The summed E-state index contributed by atoms with van der Waals surface area (Å²) in [5.41, 5.74) is 3.35. The molecular weight excluding hydrogens is 450 g/mol. The molecule has 0 aromatic heterocycles. The van der Waals surface area contributed by atoms with Gasteiger partial charge in [0.15, 0.2) is 5.11 Å². The van der Waals surface area contributed by atoms with E-state index in [4.69, 9.17) is 17.0 Å². The van der Waals surface area contributed by atoms with Gasteiger partial charge in [0.05, 0.1) is 12.7 Å². The molecule has 1 saturated heterocycles. The summed E-state index contributed by atoms with van der Waals surface area (Å²) in [6, 6.07) is 12.3. The van der Waals surface area contributed by atoms with Crippen LogP contribution in [0.1, 0.15) is 42.1 Å². The minimum atomic E-state index is -0.317. The van der Waals surface area contributed by atoms with Crippen LogP contribution in [-0.2, 0) is 0 Å². The Kier molecular flexibility index (Phi) is 7.14. The molecule has 1 fully saturated rings. The minimum Gasteiger partial charge on any atom is -0.496 e. The number of rotatable bonds is 4. The van der Waals surface area contributed by atoms with E-state index in [2.05, 4.69) is 50.5 Å². The zero-order chi connectivity index (χ0) is 21.0. The second-order valence-corrected chi connectivity index (χ2v) is 8.62. The van der Waals surface area contributed by atoms with E-state index in [1.165, 1.54) is 24.9 Å². The summed E-state index contributed by atoms with van der Waals surface area (Å²) in [5.74, 6) is 0.219. The number of amides is 1. The lowest BCUT2D eigenvalue weighted by molar-refractivity contribution is 0.0974. The normalized spacial score (nSPS) is 16.3. The highest BCUT2D eigenvalue weighted by Crippen LogP contribution is 2.28. The van der Waals surface area contributed by atoms with Gasteiger partial charge >= 0.3 is 0 Å². The first-order chi connectivity index (χ1) is 13.9. The third-order valence-electron chi connectivity index (χ3n) is 5.18. The van der Waals surface area contributed by atoms with E-state index in [-0.39, 0.29) is 11.0 Å². The largest absolute Gasteiger partial charge is 0.496 e. The highest BCUT2D eigenvalue weighted by atomic mass is 79.9. The van der Waals surface area contributed by atoms with Gasteiger partial charge in [0.25, 0.3) is 5.91 Å². The molecule has 3 rings (SSSR count). The number of methoxy groups -OCH3 is 1. The molecule has 1 aliphatic heterocycles. The van der Waals surface area contributed by atoms with Crippen molar-refractivity contribution in [2.45, 2.75) is 39.2 Å². The number of anilines is 2. The fourth-order valence-corrected chi connectivity index (χ4v) is 4.50. The molecule has 5 nitrogen and oxygen atoms in total. The summed E-state index contributed by atoms with van der Waals surface area (Å²) >= 11 is 8.75.